The number of hydrogen-bond donors (Lipinski definition) is 2. The van der Waals surface area contributed by atoms with Crippen molar-refractivity contribution in [2.45, 2.75) is 26.8 Å². The van der Waals surface area contributed by atoms with Crippen LogP contribution in [0.5, 0.6) is 5.75 Å². The molecule has 2 heterocycles. The van der Waals surface area contributed by atoms with Gasteiger partial charge in [0.1, 0.15) is 24.5 Å². The molecular weight excluding hydrogens is 433 g/mol. The van der Waals surface area contributed by atoms with Crippen LogP contribution in [0, 0.1) is 0 Å². The van der Waals surface area contributed by atoms with Crippen LogP contribution in [-0.2, 0) is 13.0 Å². The Hall–Kier alpha value is -1.91. The number of aliphatic imine (C=N–C) groups is 1. The summed E-state index contributed by atoms with van der Waals surface area (Å²) in [5.74, 6) is 2.52. The average molecular weight is 459 g/mol. The third-order valence-corrected chi connectivity index (χ3v) is 3.26. The Morgan fingerprint density at radius 2 is 2.20 bits per heavy atom. The molecule has 0 unspecified atom stereocenters. The number of halogens is 1. The molecule has 0 aliphatic rings. The number of pyridine rings is 1. The lowest BCUT2D eigenvalue weighted by Crippen LogP contribution is -2.39. The quantitative estimate of drug-likeness (QED) is 0.256. The molecule has 0 bridgehead atoms. The minimum atomic E-state index is 0. The highest BCUT2D eigenvalue weighted by molar-refractivity contribution is 14.0. The highest BCUT2D eigenvalue weighted by atomic mass is 127. The molecule has 138 valence electrons. The normalized spacial score (nSPS) is 10.9. The van der Waals surface area contributed by atoms with Gasteiger partial charge in [-0.1, -0.05) is 6.92 Å². The molecule has 9 heteroatoms. The zero-order chi connectivity index (χ0) is 17.0. The minimum Gasteiger partial charge on any atom is -0.490 e. The second-order valence-corrected chi connectivity index (χ2v) is 5.02. The largest absolute Gasteiger partial charge is 0.490 e. The maximum absolute atomic E-state index is 5.60. The zero-order valence-corrected chi connectivity index (χ0v) is 17.0. The van der Waals surface area contributed by atoms with Gasteiger partial charge in [-0.3, -0.25) is 9.98 Å². The van der Waals surface area contributed by atoms with Gasteiger partial charge in [0.25, 0.3) is 0 Å². The number of rotatable bonds is 9. The number of hydrogen-bond acceptors (Lipinski definition) is 5. The molecule has 0 aromatic carbocycles. The first-order chi connectivity index (χ1) is 11.8. The molecule has 0 radical (unpaired) electrons. The van der Waals surface area contributed by atoms with Gasteiger partial charge in [-0.15, -0.1) is 34.2 Å². The Morgan fingerprint density at radius 1 is 1.32 bits per heavy atom. The molecule has 0 amide bonds. The molecule has 0 saturated heterocycles. The summed E-state index contributed by atoms with van der Waals surface area (Å²) in [6.45, 7) is 7.54. The molecular formula is C16H26IN7O. The Bertz CT molecular complexity index is 618. The van der Waals surface area contributed by atoms with E-state index in [4.69, 9.17) is 4.74 Å². The number of aromatic nitrogens is 4. The summed E-state index contributed by atoms with van der Waals surface area (Å²) < 4.78 is 7.63. The maximum atomic E-state index is 5.60. The second-order valence-electron chi connectivity index (χ2n) is 5.02. The van der Waals surface area contributed by atoms with Gasteiger partial charge in [0.2, 0.25) is 0 Å². The van der Waals surface area contributed by atoms with Crippen LogP contribution in [0.15, 0.2) is 35.8 Å². The predicted octanol–water partition coefficient (Wildman–Crippen LogP) is 1.49. The summed E-state index contributed by atoms with van der Waals surface area (Å²) in [7, 11) is 0. The topological polar surface area (TPSA) is 89.2 Å². The summed E-state index contributed by atoms with van der Waals surface area (Å²) in [5.41, 5.74) is 0. The third kappa shape index (κ3) is 7.67. The molecule has 0 spiro atoms. The number of nitrogens with one attached hydrogen (secondary N) is 2. The molecule has 25 heavy (non-hydrogen) atoms. The van der Waals surface area contributed by atoms with Gasteiger partial charge in [0, 0.05) is 25.7 Å². The molecule has 2 rings (SSSR count). The van der Waals surface area contributed by atoms with E-state index in [1.165, 1.54) is 0 Å². The van der Waals surface area contributed by atoms with Crippen molar-refractivity contribution in [3.63, 3.8) is 0 Å². The lowest BCUT2D eigenvalue weighted by Gasteiger charge is -2.12. The van der Waals surface area contributed by atoms with Crippen molar-refractivity contribution in [1.82, 2.24) is 30.4 Å². The Kier molecular flexibility index (Phi) is 10.5. The van der Waals surface area contributed by atoms with Gasteiger partial charge in [0.15, 0.2) is 5.96 Å². The standard InChI is InChI=1S/C16H25N7O.HI/c1-3-15-22-21-13-23(15)10-8-19-16(18-4-2)20-9-11-24-14-6-5-7-17-12-14;/h5-7,12-13H,3-4,8-11H2,1-2H3,(H2,18,19,20);1H. The summed E-state index contributed by atoms with van der Waals surface area (Å²) in [6.07, 6.45) is 6.04. The first-order valence-electron chi connectivity index (χ1n) is 8.25. The first kappa shape index (κ1) is 21.1. The second kappa shape index (κ2) is 12.5. The van der Waals surface area contributed by atoms with Gasteiger partial charge >= 0.3 is 0 Å². The van der Waals surface area contributed by atoms with Crippen LogP contribution in [0.1, 0.15) is 19.7 Å². The fraction of sp³-hybridized carbons (Fsp3) is 0.500. The van der Waals surface area contributed by atoms with Crippen LogP contribution in [0.3, 0.4) is 0 Å². The zero-order valence-electron chi connectivity index (χ0n) is 14.7. The van der Waals surface area contributed by atoms with Crippen LogP contribution in [0.2, 0.25) is 0 Å². The summed E-state index contributed by atoms with van der Waals surface area (Å²) in [5, 5.41) is 14.5. The number of ether oxygens (including phenoxy) is 1. The van der Waals surface area contributed by atoms with Crippen LogP contribution < -0.4 is 15.4 Å². The number of nitrogens with zero attached hydrogens (tertiary/aromatic N) is 5. The molecule has 8 nitrogen and oxygen atoms in total. The maximum Gasteiger partial charge on any atom is 0.191 e. The number of guanidine groups is 1. The molecule has 0 fully saturated rings. The summed E-state index contributed by atoms with van der Waals surface area (Å²) >= 11 is 0. The van der Waals surface area contributed by atoms with Crippen LogP contribution in [-0.4, -0.2) is 51.9 Å². The fourth-order valence-electron chi connectivity index (χ4n) is 2.12. The van der Waals surface area contributed by atoms with Crippen molar-refractivity contribution < 1.29 is 4.74 Å². The van der Waals surface area contributed by atoms with Gasteiger partial charge in [0.05, 0.1) is 19.3 Å². The van der Waals surface area contributed by atoms with Crippen molar-refractivity contribution in [2.24, 2.45) is 4.99 Å². The van der Waals surface area contributed by atoms with E-state index in [0.29, 0.717) is 19.7 Å². The third-order valence-electron chi connectivity index (χ3n) is 3.26. The van der Waals surface area contributed by atoms with Gasteiger partial charge < -0.3 is 19.9 Å². The lowest BCUT2D eigenvalue weighted by molar-refractivity contribution is 0.320. The molecule has 0 aliphatic carbocycles. The Labute approximate surface area is 165 Å². The van der Waals surface area contributed by atoms with Gasteiger partial charge in [-0.05, 0) is 19.1 Å². The van der Waals surface area contributed by atoms with Crippen molar-refractivity contribution in [1.29, 1.82) is 0 Å². The smallest absolute Gasteiger partial charge is 0.191 e. The van der Waals surface area contributed by atoms with Crippen molar-refractivity contribution >= 4 is 29.9 Å². The van der Waals surface area contributed by atoms with Crippen molar-refractivity contribution in [2.75, 3.05) is 26.2 Å². The van der Waals surface area contributed by atoms with Crippen molar-refractivity contribution in [3.05, 3.63) is 36.7 Å². The van der Waals surface area contributed by atoms with Crippen molar-refractivity contribution in [3.8, 4) is 5.75 Å². The minimum absolute atomic E-state index is 0. The van der Waals surface area contributed by atoms with E-state index in [1.54, 1.807) is 18.7 Å². The van der Waals surface area contributed by atoms with E-state index < -0.39 is 0 Å². The monoisotopic (exact) mass is 459 g/mol. The van der Waals surface area contributed by atoms with E-state index >= 15 is 0 Å². The van der Waals surface area contributed by atoms with E-state index in [1.807, 2.05) is 23.6 Å². The molecule has 2 N–H and O–H groups in total. The molecule has 2 aromatic rings. The first-order valence-corrected chi connectivity index (χ1v) is 8.25. The Morgan fingerprint density at radius 3 is 2.92 bits per heavy atom. The predicted molar refractivity (Wildman–Crippen MR) is 109 cm³/mol. The van der Waals surface area contributed by atoms with Gasteiger partial charge in [-0.2, -0.15) is 0 Å². The fourth-order valence-corrected chi connectivity index (χ4v) is 2.12. The molecule has 0 atom stereocenters. The van der Waals surface area contributed by atoms with Crippen LogP contribution >= 0.6 is 24.0 Å². The SMILES string of the molecule is CCNC(=NCCn1cnnc1CC)NCCOc1cccnc1.I. The number of aryl methyl sites for hydroxylation is 1. The van der Waals surface area contributed by atoms with E-state index in [-0.39, 0.29) is 24.0 Å². The molecule has 0 saturated carbocycles. The average Bonchev–Trinajstić information content (AvgIpc) is 3.07. The highest BCUT2D eigenvalue weighted by Gasteiger charge is 2.01. The van der Waals surface area contributed by atoms with E-state index in [9.17, 15) is 0 Å². The van der Waals surface area contributed by atoms with E-state index in [2.05, 4.69) is 37.7 Å². The van der Waals surface area contributed by atoms with Gasteiger partial charge in [-0.25, -0.2) is 0 Å². The summed E-state index contributed by atoms with van der Waals surface area (Å²) in [6, 6.07) is 3.74. The lowest BCUT2D eigenvalue weighted by atomic mass is 10.4. The summed E-state index contributed by atoms with van der Waals surface area (Å²) in [4.78, 5) is 8.57. The Balaban J connectivity index is 0.00000312. The molecule has 0 aliphatic heterocycles. The van der Waals surface area contributed by atoms with Crippen LogP contribution in [0.25, 0.3) is 0 Å². The van der Waals surface area contributed by atoms with E-state index in [0.717, 1.165) is 37.0 Å². The highest BCUT2D eigenvalue weighted by Crippen LogP contribution is 2.04. The van der Waals surface area contributed by atoms with Crippen LogP contribution in [0.4, 0.5) is 0 Å². The molecule has 2 aromatic heterocycles.